The van der Waals surface area contributed by atoms with Crippen LogP contribution in [0.4, 0.5) is 5.69 Å². The summed E-state index contributed by atoms with van der Waals surface area (Å²) in [7, 11) is 0. The molecule has 0 bridgehead atoms. The number of benzene rings is 3. The van der Waals surface area contributed by atoms with Crippen LogP contribution in [-0.4, -0.2) is 30.3 Å². The van der Waals surface area contributed by atoms with E-state index in [1.807, 2.05) is 90.2 Å². The molecule has 1 unspecified atom stereocenters. The molecule has 1 atom stereocenters. The Bertz CT molecular complexity index is 1500. The highest BCUT2D eigenvalue weighted by Crippen LogP contribution is 2.26. The van der Waals surface area contributed by atoms with Gasteiger partial charge in [0.25, 0.3) is 5.56 Å². The van der Waals surface area contributed by atoms with Gasteiger partial charge in [-0.3, -0.25) is 18.6 Å². The number of amides is 1. The molecule has 7 nitrogen and oxygen atoms in total. The molecule has 1 amide bonds. The highest BCUT2D eigenvalue weighted by molar-refractivity contribution is 8.00. The van der Waals surface area contributed by atoms with E-state index in [1.165, 1.54) is 11.8 Å². The third kappa shape index (κ3) is 4.12. The lowest BCUT2D eigenvalue weighted by Crippen LogP contribution is -2.24. The number of nitrogens with zero attached hydrogens (tertiary/aromatic N) is 4. The molecule has 2 aromatic heterocycles. The number of carbonyl (C=O) groups is 1. The molecular formula is C25H21N5O2S. The summed E-state index contributed by atoms with van der Waals surface area (Å²) in [5.41, 5.74) is 2.32. The van der Waals surface area contributed by atoms with Crippen LogP contribution in [0.3, 0.4) is 0 Å². The van der Waals surface area contributed by atoms with Crippen molar-refractivity contribution >= 4 is 40.0 Å². The minimum Gasteiger partial charge on any atom is -0.325 e. The fourth-order valence-electron chi connectivity index (χ4n) is 3.70. The fourth-order valence-corrected chi connectivity index (χ4v) is 4.55. The third-order valence-corrected chi connectivity index (χ3v) is 6.40. The molecule has 0 aliphatic rings. The van der Waals surface area contributed by atoms with Crippen LogP contribution in [0.1, 0.15) is 12.5 Å². The Kier molecular flexibility index (Phi) is 5.66. The second-order valence-electron chi connectivity index (χ2n) is 7.63. The molecular weight excluding hydrogens is 434 g/mol. The normalized spacial score (nSPS) is 12.2. The summed E-state index contributed by atoms with van der Waals surface area (Å²) < 4.78 is 3.49. The zero-order chi connectivity index (χ0) is 22.8. The monoisotopic (exact) mass is 455 g/mol. The average Bonchev–Trinajstić information content (AvgIpc) is 3.26. The number of anilines is 1. The minimum atomic E-state index is -0.425. The summed E-state index contributed by atoms with van der Waals surface area (Å²) in [6, 6.07) is 26.5. The first-order valence-electron chi connectivity index (χ1n) is 10.5. The van der Waals surface area contributed by atoms with E-state index < -0.39 is 5.25 Å². The smallest absolute Gasteiger partial charge is 0.263 e. The van der Waals surface area contributed by atoms with E-state index in [0.29, 0.717) is 28.4 Å². The van der Waals surface area contributed by atoms with Crippen LogP contribution in [0.25, 0.3) is 16.7 Å². The fraction of sp³-hybridized carbons (Fsp3) is 0.120. The molecule has 0 fully saturated rings. The highest BCUT2D eigenvalue weighted by atomic mass is 32.2. The van der Waals surface area contributed by atoms with E-state index in [2.05, 4.69) is 15.5 Å². The van der Waals surface area contributed by atoms with Gasteiger partial charge in [0.1, 0.15) is 0 Å². The van der Waals surface area contributed by atoms with Crippen molar-refractivity contribution in [3.63, 3.8) is 0 Å². The first-order valence-corrected chi connectivity index (χ1v) is 11.4. The number of fused-ring (bicyclic) bond motifs is 3. The number of para-hydroxylation sites is 2. The molecule has 3 aromatic carbocycles. The van der Waals surface area contributed by atoms with Crippen molar-refractivity contribution in [1.29, 1.82) is 0 Å². The van der Waals surface area contributed by atoms with Crippen molar-refractivity contribution in [3.05, 3.63) is 101 Å². The molecule has 0 aliphatic heterocycles. The Morgan fingerprint density at radius 3 is 2.36 bits per heavy atom. The third-order valence-electron chi connectivity index (χ3n) is 5.35. The molecule has 0 saturated carbocycles. The van der Waals surface area contributed by atoms with Crippen molar-refractivity contribution in [2.45, 2.75) is 23.9 Å². The van der Waals surface area contributed by atoms with Gasteiger partial charge in [-0.2, -0.15) is 0 Å². The molecule has 2 heterocycles. The number of rotatable bonds is 6. The van der Waals surface area contributed by atoms with Gasteiger partial charge in [-0.05, 0) is 36.8 Å². The highest BCUT2D eigenvalue weighted by Gasteiger charge is 2.21. The maximum Gasteiger partial charge on any atom is 0.263 e. The van der Waals surface area contributed by atoms with E-state index >= 15 is 0 Å². The SMILES string of the molecule is CC(Sc1nnc2n(Cc3ccccc3)c(=O)c3ccccc3n12)C(=O)Nc1ccccc1. The Morgan fingerprint density at radius 1 is 0.939 bits per heavy atom. The molecule has 164 valence electrons. The van der Waals surface area contributed by atoms with Crippen LogP contribution in [0, 0.1) is 0 Å². The van der Waals surface area contributed by atoms with E-state index in [-0.39, 0.29) is 11.5 Å². The van der Waals surface area contributed by atoms with Gasteiger partial charge in [0.15, 0.2) is 5.16 Å². The molecule has 0 spiro atoms. The molecule has 0 aliphatic carbocycles. The number of thioether (sulfide) groups is 1. The summed E-state index contributed by atoms with van der Waals surface area (Å²) in [4.78, 5) is 26.1. The van der Waals surface area contributed by atoms with Gasteiger partial charge in [0, 0.05) is 5.69 Å². The maximum atomic E-state index is 13.3. The Balaban J connectivity index is 1.55. The standard InChI is InChI=1S/C25H21N5O2S/c1-17(22(31)26-19-12-6-3-7-13-19)33-25-28-27-24-29(16-18-10-4-2-5-11-18)23(32)20-14-8-9-15-21(20)30(24)25/h2-15,17H,16H2,1H3,(H,26,31). The number of hydrogen-bond acceptors (Lipinski definition) is 5. The van der Waals surface area contributed by atoms with Gasteiger partial charge in [0.2, 0.25) is 11.7 Å². The topological polar surface area (TPSA) is 81.3 Å². The van der Waals surface area contributed by atoms with Gasteiger partial charge in [-0.1, -0.05) is 72.4 Å². The lowest BCUT2D eigenvalue weighted by atomic mass is 10.2. The molecule has 0 radical (unpaired) electrons. The maximum absolute atomic E-state index is 13.3. The summed E-state index contributed by atoms with van der Waals surface area (Å²) in [6.45, 7) is 2.20. The van der Waals surface area contributed by atoms with E-state index in [4.69, 9.17) is 0 Å². The number of hydrogen-bond donors (Lipinski definition) is 1. The quantitative estimate of drug-likeness (QED) is 0.388. The molecule has 8 heteroatoms. The van der Waals surface area contributed by atoms with Crippen molar-refractivity contribution in [2.24, 2.45) is 0 Å². The van der Waals surface area contributed by atoms with Crippen molar-refractivity contribution < 1.29 is 4.79 Å². The van der Waals surface area contributed by atoms with Crippen LogP contribution in [0.5, 0.6) is 0 Å². The zero-order valence-corrected chi connectivity index (χ0v) is 18.7. The Hall–Kier alpha value is -3.91. The lowest BCUT2D eigenvalue weighted by molar-refractivity contribution is -0.115. The summed E-state index contributed by atoms with van der Waals surface area (Å²) in [6.07, 6.45) is 0. The van der Waals surface area contributed by atoms with E-state index in [0.717, 1.165) is 11.3 Å². The molecule has 1 N–H and O–H groups in total. The van der Waals surface area contributed by atoms with Gasteiger partial charge >= 0.3 is 0 Å². The predicted molar refractivity (Wildman–Crippen MR) is 131 cm³/mol. The Labute approximate surface area is 194 Å². The van der Waals surface area contributed by atoms with Crippen LogP contribution in [0.2, 0.25) is 0 Å². The summed E-state index contributed by atoms with van der Waals surface area (Å²) in [5, 5.41) is 12.3. The van der Waals surface area contributed by atoms with Crippen LogP contribution in [0.15, 0.2) is 94.9 Å². The Morgan fingerprint density at radius 2 is 1.61 bits per heavy atom. The van der Waals surface area contributed by atoms with E-state index in [1.54, 1.807) is 10.6 Å². The molecule has 0 saturated heterocycles. The van der Waals surface area contributed by atoms with Gasteiger partial charge in [-0.25, -0.2) is 0 Å². The second kappa shape index (κ2) is 8.91. The molecule has 5 aromatic rings. The van der Waals surface area contributed by atoms with Crippen LogP contribution in [-0.2, 0) is 11.3 Å². The van der Waals surface area contributed by atoms with Crippen molar-refractivity contribution in [3.8, 4) is 0 Å². The lowest BCUT2D eigenvalue weighted by Gasteiger charge is -2.13. The van der Waals surface area contributed by atoms with Crippen molar-refractivity contribution in [2.75, 3.05) is 5.32 Å². The first kappa shape index (κ1) is 21.0. The van der Waals surface area contributed by atoms with Crippen molar-refractivity contribution in [1.82, 2.24) is 19.2 Å². The number of carbonyl (C=O) groups excluding carboxylic acids is 1. The van der Waals surface area contributed by atoms with Gasteiger partial charge in [-0.15, -0.1) is 10.2 Å². The predicted octanol–water partition coefficient (Wildman–Crippen LogP) is 4.21. The largest absolute Gasteiger partial charge is 0.325 e. The number of nitrogens with one attached hydrogen (secondary N) is 1. The average molecular weight is 456 g/mol. The van der Waals surface area contributed by atoms with Crippen LogP contribution < -0.4 is 10.9 Å². The van der Waals surface area contributed by atoms with E-state index in [9.17, 15) is 9.59 Å². The van der Waals surface area contributed by atoms with Gasteiger partial charge in [0.05, 0.1) is 22.7 Å². The van der Waals surface area contributed by atoms with Crippen LogP contribution >= 0.6 is 11.8 Å². The first-order chi connectivity index (χ1) is 16.1. The molecule has 5 rings (SSSR count). The summed E-state index contributed by atoms with van der Waals surface area (Å²) in [5.74, 6) is 0.311. The minimum absolute atomic E-state index is 0.124. The second-order valence-corrected chi connectivity index (χ2v) is 8.94. The number of aromatic nitrogens is 4. The zero-order valence-electron chi connectivity index (χ0n) is 17.9. The molecule has 33 heavy (non-hydrogen) atoms. The van der Waals surface area contributed by atoms with Gasteiger partial charge < -0.3 is 5.32 Å². The summed E-state index contributed by atoms with van der Waals surface area (Å²) >= 11 is 1.30.